The summed E-state index contributed by atoms with van der Waals surface area (Å²) in [5, 5.41) is 3.02. The summed E-state index contributed by atoms with van der Waals surface area (Å²) in [5.41, 5.74) is 3.21. The monoisotopic (exact) mass is 310 g/mol. The average Bonchev–Trinajstić information content (AvgIpc) is 2.57. The number of carbonyl (C=O) groups is 1. The van der Waals surface area contributed by atoms with Crippen LogP contribution in [-0.4, -0.2) is 23.9 Å². The van der Waals surface area contributed by atoms with Crippen molar-refractivity contribution >= 4 is 11.6 Å². The second kappa shape index (κ2) is 8.49. The average molecular weight is 310 g/mol. The van der Waals surface area contributed by atoms with Gasteiger partial charge in [-0.25, -0.2) is 0 Å². The molecular formula is C20H26N2O. The lowest BCUT2D eigenvalue weighted by Gasteiger charge is -2.28. The Balaban J connectivity index is 2.04. The van der Waals surface area contributed by atoms with Crippen molar-refractivity contribution in [2.45, 2.75) is 33.2 Å². The molecule has 0 aliphatic rings. The van der Waals surface area contributed by atoms with Crippen LogP contribution in [0, 0.1) is 6.92 Å². The molecular weight excluding hydrogens is 284 g/mol. The molecule has 0 spiro atoms. The highest BCUT2D eigenvalue weighted by molar-refractivity contribution is 5.92. The van der Waals surface area contributed by atoms with Gasteiger partial charge in [0.05, 0.1) is 6.54 Å². The molecule has 0 bridgehead atoms. The van der Waals surface area contributed by atoms with Crippen molar-refractivity contribution in [2.24, 2.45) is 0 Å². The number of hydrogen-bond acceptors (Lipinski definition) is 2. The summed E-state index contributed by atoms with van der Waals surface area (Å²) in [4.78, 5) is 14.7. The van der Waals surface area contributed by atoms with E-state index in [2.05, 4.69) is 36.2 Å². The lowest BCUT2D eigenvalue weighted by molar-refractivity contribution is -0.117. The van der Waals surface area contributed by atoms with Gasteiger partial charge in [-0.15, -0.1) is 0 Å². The summed E-state index contributed by atoms with van der Waals surface area (Å²) in [6, 6.07) is 18.4. The Labute approximate surface area is 139 Å². The van der Waals surface area contributed by atoms with Gasteiger partial charge in [0.25, 0.3) is 0 Å². The van der Waals surface area contributed by atoms with Crippen LogP contribution in [0.4, 0.5) is 5.69 Å². The van der Waals surface area contributed by atoms with E-state index in [1.807, 2.05) is 49.4 Å². The van der Waals surface area contributed by atoms with Crippen molar-refractivity contribution in [1.29, 1.82) is 0 Å². The quantitative estimate of drug-likeness (QED) is 0.821. The van der Waals surface area contributed by atoms with E-state index in [4.69, 9.17) is 0 Å². The van der Waals surface area contributed by atoms with Gasteiger partial charge in [-0.05, 0) is 44.0 Å². The Kier molecular flexibility index (Phi) is 6.36. The maximum Gasteiger partial charge on any atom is 0.238 e. The normalized spacial score (nSPS) is 12.2. The van der Waals surface area contributed by atoms with Crippen LogP contribution in [0.15, 0.2) is 54.6 Å². The molecule has 23 heavy (non-hydrogen) atoms. The lowest BCUT2D eigenvalue weighted by atomic mass is 10.1. The molecule has 1 unspecified atom stereocenters. The second-order valence-electron chi connectivity index (χ2n) is 5.92. The number of hydrogen-bond donors (Lipinski definition) is 1. The fourth-order valence-electron chi connectivity index (χ4n) is 2.73. The molecule has 0 heterocycles. The summed E-state index contributed by atoms with van der Waals surface area (Å²) in [5.74, 6) is 0.0375. The number of nitrogens with one attached hydrogen (secondary N) is 1. The van der Waals surface area contributed by atoms with E-state index in [1.165, 1.54) is 5.56 Å². The van der Waals surface area contributed by atoms with Gasteiger partial charge in [-0.3, -0.25) is 9.69 Å². The van der Waals surface area contributed by atoms with Crippen LogP contribution in [0.1, 0.15) is 37.4 Å². The number of rotatable bonds is 7. The van der Waals surface area contributed by atoms with Crippen LogP contribution in [-0.2, 0) is 4.79 Å². The molecule has 0 saturated carbocycles. The number of anilines is 1. The van der Waals surface area contributed by atoms with Crippen molar-refractivity contribution in [1.82, 2.24) is 4.90 Å². The molecule has 0 aromatic heterocycles. The summed E-state index contributed by atoms with van der Waals surface area (Å²) < 4.78 is 0. The van der Waals surface area contributed by atoms with Gasteiger partial charge in [-0.1, -0.05) is 55.5 Å². The topological polar surface area (TPSA) is 32.3 Å². The summed E-state index contributed by atoms with van der Waals surface area (Å²) in [7, 11) is 0. The number of carbonyl (C=O) groups excluding carboxylic acids is 1. The van der Waals surface area contributed by atoms with Crippen molar-refractivity contribution in [3.05, 3.63) is 65.7 Å². The highest BCUT2D eigenvalue weighted by Crippen LogP contribution is 2.20. The molecule has 0 fully saturated rings. The van der Waals surface area contributed by atoms with E-state index in [-0.39, 0.29) is 11.9 Å². The zero-order valence-electron chi connectivity index (χ0n) is 14.3. The number of benzene rings is 2. The highest BCUT2D eigenvalue weighted by atomic mass is 16.2. The molecule has 0 aliphatic carbocycles. The fourth-order valence-corrected chi connectivity index (χ4v) is 2.73. The Morgan fingerprint density at radius 2 is 1.74 bits per heavy atom. The maximum atomic E-state index is 12.4. The van der Waals surface area contributed by atoms with Gasteiger partial charge in [0.15, 0.2) is 0 Å². The molecule has 2 aromatic carbocycles. The molecule has 0 radical (unpaired) electrons. The predicted octanol–water partition coefficient (Wildman–Crippen LogP) is 4.41. The van der Waals surface area contributed by atoms with Gasteiger partial charge < -0.3 is 5.32 Å². The van der Waals surface area contributed by atoms with E-state index < -0.39 is 0 Å². The highest BCUT2D eigenvalue weighted by Gasteiger charge is 2.18. The molecule has 1 N–H and O–H groups in total. The zero-order valence-corrected chi connectivity index (χ0v) is 14.3. The standard InChI is InChI=1S/C20H26N2O/c1-4-14-22(17(3)18-11-6-5-7-12-18)15-20(23)21-19-13-9-8-10-16(19)2/h5-13,17H,4,14-15H2,1-3H3,(H,21,23). The molecule has 122 valence electrons. The Morgan fingerprint density at radius 3 is 2.39 bits per heavy atom. The van der Waals surface area contributed by atoms with Crippen molar-refractivity contribution in [3.8, 4) is 0 Å². The van der Waals surface area contributed by atoms with E-state index in [1.54, 1.807) is 0 Å². The maximum absolute atomic E-state index is 12.4. The number of aryl methyl sites for hydroxylation is 1. The Bertz CT molecular complexity index is 625. The molecule has 2 aromatic rings. The van der Waals surface area contributed by atoms with Gasteiger partial charge in [0.1, 0.15) is 0 Å². The van der Waals surface area contributed by atoms with E-state index >= 15 is 0 Å². The van der Waals surface area contributed by atoms with Crippen LogP contribution in [0.25, 0.3) is 0 Å². The first-order valence-electron chi connectivity index (χ1n) is 8.26. The van der Waals surface area contributed by atoms with E-state index in [0.29, 0.717) is 6.54 Å². The third kappa shape index (κ3) is 4.93. The van der Waals surface area contributed by atoms with Gasteiger partial charge in [0, 0.05) is 11.7 Å². The largest absolute Gasteiger partial charge is 0.325 e. The Morgan fingerprint density at radius 1 is 1.09 bits per heavy atom. The summed E-state index contributed by atoms with van der Waals surface area (Å²) in [6.45, 7) is 7.61. The smallest absolute Gasteiger partial charge is 0.238 e. The molecule has 0 aliphatic heterocycles. The van der Waals surface area contributed by atoms with Crippen molar-refractivity contribution in [2.75, 3.05) is 18.4 Å². The lowest BCUT2D eigenvalue weighted by Crippen LogP contribution is -2.36. The summed E-state index contributed by atoms with van der Waals surface area (Å²) in [6.07, 6.45) is 1.02. The van der Waals surface area contributed by atoms with Crippen molar-refractivity contribution in [3.63, 3.8) is 0 Å². The SMILES string of the molecule is CCCN(CC(=O)Nc1ccccc1C)C(C)c1ccccc1. The number of para-hydroxylation sites is 1. The first kappa shape index (κ1) is 17.2. The fraction of sp³-hybridized carbons (Fsp3) is 0.350. The van der Waals surface area contributed by atoms with Crippen molar-refractivity contribution < 1.29 is 4.79 Å². The first-order chi connectivity index (χ1) is 11.1. The second-order valence-corrected chi connectivity index (χ2v) is 5.92. The van der Waals surface area contributed by atoms with Crippen LogP contribution in [0.3, 0.4) is 0 Å². The van der Waals surface area contributed by atoms with E-state index in [9.17, 15) is 4.79 Å². The van der Waals surface area contributed by atoms with Crippen LogP contribution >= 0.6 is 0 Å². The molecule has 3 nitrogen and oxygen atoms in total. The minimum atomic E-state index is 0.0375. The first-order valence-corrected chi connectivity index (χ1v) is 8.26. The van der Waals surface area contributed by atoms with Crippen LogP contribution < -0.4 is 5.32 Å². The predicted molar refractivity (Wildman–Crippen MR) is 96.5 cm³/mol. The van der Waals surface area contributed by atoms with Gasteiger partial charge >= 0.3 is 0 Å². The molecule has 3 heteroatoms. The zero-order chi connectivity index (χ0) is 16.7. The third-order valence-electron chi connectivity index (χ3n) is 4.11. The minimum Gasteiger partial charge on any atom is -0.325 e. The molecule has 2 rings (SSSR count). The molecule has 1 atom stereocenters. The molecule has 0 saturated heterocycles. The minimum absolute atomic E-state index is 0.0375. The number of nitrogens with zero attached hydrogens (tertiary/aromatic N) is 1. The summed E-state index contributed by atoms with van der Waals surface area (Å²) >= 11 is 0. The Hall–Kier alpha value is -2.13. The molecule has 1 amide bonds. The van der Waals surface area contributed by atoms with E-state index in [0.717, 1.165) is 24.2 Å². The van der Waals surface area contributed by atoms with Gasteiger partial charge in [-0.2, -0.15) is 0 Å². The number of amides is 1. The third-order valence-corrected chi connectivity index (χ3v) is 4.11. The van der Waals surface area contributed by atoms with Crippen LogP contribution in [0.5, 0.6) is 0 Å². The van der Waals surface area contributed by atoms with Crippen LogP contribution in [0.2, 0.25) is 0 Å². The van der Waals surface area contributed by atoms with Gasteiger partial charge in [0.2, 0.25) is 5.91 Å².